The summed E-state index contributed by atoms with van der Waals surface area (Å²) in [6, 6.07) is 0. The van der Waals surface area contributed by atoms with Gasteiger partial charge in [0.1, 0.15) is 5.67 Å². The molecule has 0 saturated carbocycles. The molecule has 2 heteroatoms. The molecule has 0 heterocycles. The molecule has 0 radical (unpaired) electrons. The minimum Gasteiger partial charge on any atom is -0.328 e. The van der Waals surface area contributed by atoms with E-state index in [9.17, 15) is 4.39 Å². The van der Waals surface area contributed by atoms with Gasteiger partial charge in [0.05, 0.1) is 0 Å². The number of rotatable bonds is 9. The lowest BCUT2D eigenvalue weighted by molar-refractivity contribution is 0.180. The van der Waals surface area contributed by atoms with Gasteiger partial charge in [0, 0.05) is 6.54 Å². The minimum absolute atomic E-state index is 0.156. The van der Waals surface area contributed by atoms with Crippen LogP contribution in [0.1, 0.15) is 65.2 Å². The van der Waals surface area contributed by atoms with Crippen LogP contribution >= 0.6 is 0 Å². The van der Waals surface area contributed by atoms with E-state index < -0.39 is 5.67 Å². The van der Waals surface area contributed by atoms with Crippen molar-refractivity contribution in [2.45, 2.75) is 70.9 Å². The lowest BCUT2D eigenvalue weighted by Gasteiger charge is -2.17. The molecule has 2 N–H and O–H groups in total. The zero-order valence-corrected chi connectivity index (χ0v) is 9.82. The van der Waals surface area contributed by atoms with E-state index in [0.717, 1.165) is 12.8 Å². The van der Waals surface area contributed by atoms with Crippen LogP contribution in [-0.4, -0.2) is 12.2 Å². The third-order valence-electron chi connectivity index (χ3n) is 2.73. The van der Waals surface area contributed by atoms with Gasteiger partial charge in [-0.1, -0.05) is 51.9 Å². The summed E-state index contributed by atoms with van der Waals surface area (Å²) < 4.78 is 13.3. The van der Waals surface area contributed by atoms with Crippen molar-refractivity contribution in [3.05, 3.63) is 0 Å². The Hall–Kier alpha value is -0.110. The van der Waals surface area contributed by atoms with E-state index in [-0.39, 0.29) is 6.54 Å². The van der Waals surface area contributed by atoms with Gasteiger partial charge in [-0.25, -0.2) is 4.39 Å². The number of hydrogen-bond acceptors (Lipinski definition) is 1. The molecule has 0 aromatic heterocycles. The van der Waals surface area contributed by atoms with Crippen LogP contribution in [0.3, 0.4) is 0 Å². The van der Waals surface area contributed by atoms with Crippen LogP contribution in [0.2, 0.25) is 0 Å². The van der Waals surface area contributed by atoms with Gasteiger partial charge in [0.2, 0.25) is 0 Å². The van der Waals surface area contributed by atoms with Crippen molar-refractivity contribution in [3.63, 3.8) is 0 Å². The molecule has 1 atom stereocenters. The van der Waals surface area contributed by atoms with E-state index in [1.54, 1.807) is 6.92 Å². The number of hydrogen-bond donors (Lipinski definition) is 1. The first-order chi connectivity index (χ1) is 6.62. The Balaban J connectivity index is 3.13. The lowest BCUT2D eigenvalue weighted by Crippen LogP contribution is -2.28. The highest BCUT2D eigenvalue weighted by Gasteiger charge is 2.19. The second-order valence-electron chi connectivity index (χ2n) is 4.49. The van der Waals surface area contributed by atoms with Crippen molar-refractivity contribution < 1.29 is 4.39 Å². The van der Waals surface area contributed by atoms with Gasteiger partial charge < -0.3 is 5.73 Å². The number of halogens is 1. The molecule has 0 spiro atoms. The van der Waals surface area contributed by atoms with Crippen molar-refractivity contribution in [2.24, 2.45) is 5.73 Å². The van der Waals surface area contributed by atoms with Crippen LogP contribution in [0.5, 0.6) is 0 Å². The summed E-state index contributed by atoms with van der Waals surface area (Å²) in [6.45, 7) is 3.97. The van der Waals surface area contributed by atoms with Crippen molar-refractivity contribution in [1.82, 2.24) is 0 Å². The molecule has 0 bridgehead atoms. The SMILES string of the molecule is CCCCCCCCCC(C)(F)CN. The summed E-state index contributed by atoms with van der Waals surface area (Å²) in [5.41, 5.74) is 4.18. The topological polar surface area (TPSA) is 26.0 Å². The van der Waals surface area contributed by atoms with Gasteiger partial charge >= 0.3 is 0 Å². The van der Waals surface area contributed by atoms with Crippen LogP contribution in [0, 0.1) is 0 Å². The van der Waals surface area contributed by atoms with E-state index in [2.05, 4.69) is 6.92 Å². The summed E-state index contributed by atoms with van der Waals surface area (Å²) in [7, 11) is 0. The molecule has 0 rings (SSSR count). The number of nitrogens with two attached hydrogens (primary N) is 1. The largest absolute Gasteiger partial charge is 0.328 e. The van der Waals surface area contributed by atoms with Crippen LogP contribution < -0.4 is 5.73 Å². The molecule has 1 nitrogen and oxygen atoms in total. The Kier molecular flexibility index (Phi) is 8.15. The van der Waals surface area contributed by atoms with Crippen molar-refractivity contribution in [1.29, 1.82) is 0 Å². The molecule has 0 saturated heterocycles. The fraction of sp³-hybridized carbons (Fsp3) is 1.00. The van der Waals surface area contributed by atoms with Gasteiger partial charge in [-0.2, -0.15) is 0 Å². The first-order valence-electron chi connectivity index (χ1n) is 6.01. The van der Waals surface area contributed by atoms with E-state index in [0.29, 0.717) is 6.42 Å². The van der Waals surface area contributed by atoms with Crippen LogP contribution in [0.15, 0.2) is 0 Å². The fourth-order valence-corrected chi connectivity index (χ4v) is 1.55. The predicted octanol–water partition coefficient (Wildman–Crippen LogP) is 3.81. The molecule has 0 aliphatic rings. The first kappa shape index (κ1) is 13.9. The van der Waals surface area contributed by atoms with Crippen molar-refractivity contribution in [3.8, 4) is 0 Å². The fourth-order valence-electron chi connectivity index (χ4n) is 1.55. The zero-order chi connectivity index (χ0) is 10.9. The second kappa shape index (κ2) is 8.22. The monoisotopic (exact) mass is 203 g/mol. The van der Waals surface area contributed by atoms with Crippen molar-refractivity contribution >= 4 is 0 Å². The quantitative estimate of drug-likeness (QED) is 0.566. The molecule has 0 aromatic carbocycles. The molecule has 0 fully saturated rings. The molecule has 86 valence electrons. The van der Waals surface area contributed by atoms with Gasteiger partial charge in [-0.3, -0.25) is 0 Å². The summed E-state index contributed by atoms with van der Waals surface area (Å²) >= 11 is 0. The summed E-state index contributed by atoms with van der Waals surface area (Å²) in [6.07, 6.45) is 9.27. The van der Waals surface area contributed by atoms with Gasteiger partial charge in [0.15, 0.2) is 0 Å². The smallest absolute Gasteiger partial charge is 0.120 e. The highest BCUT2D eigenvalue weighted by Crippen LogP contribution is 2.18. The molecule has 0 amide bonds. The molecule has 0 aliphatic carbocycles. The van der Waals surface area contributed by atoms with E-state index in [1.165, 1.54) is 32.1 Å². The van der Waals surface area contributed by atoms with E-state index in [4.69, 9.17) is 5.73 Å². The Bertz CT molecular complexity index is 123. The lowest BCUT2D eigenvalue weighted by atomic mass is 9.99. The maximum atomic E-state index is 13.3. The Morgan fingerprint density at radius 2 is 1.50 bits per heavy atom. The standard InChI is InChI=1S/C12H26FN/c1-3-4-5-6-7-8-9-10-12(2,13)11-14/h3-11,14H2,1-2H3. The van der Waals surface area contributed by atoms with Crippen LogP contribution in [-0.2, 0) is 0 Å². The van der Waals surface area contributed by atoms with E-state index in [1.807, 2.05) is 0 Å². The van der Waals surface area contributed by atoms with E-state index >= 15 is 0 Å². The van der Waals surface area contributed by atoms with Gasteiger partial charge in [-0.15, -0.1) is 0 Å². The third-order valence-corrected chi connectivity index (χ3v) is 2.73. The Labute approximate surface area is 88.3 Å². The molecule has 1 unspecified atom stereocenters. The summed E-state index contributed by atoms with van der Waals surface area (Å²) in [5.74, 6) is 0. The van der Waals surface area contributed by atoms with Crippen LogP contribution in [0.25, 0.3) is 0 Å². The highest BCUT2D eigenvalue weighted by atomic mass is 19.1. The maximum absolute atomic E-state index is 13.3. The molecule has 14 heavy (non-hydrogen) atoms. The molecule has 0 aromatic rings. The molecular weight excluding hydrogens is 177 g/mol. The number of alkyl halides is 1. The molecule has 0 aliphatic heterocycles. The highest BCUT2D eigenvalue weighted by molar-refractivity contribution is 4.73. The molecular formula is C12H26FN. The Morgan fingerprint density at radius 1 is 1.00 bits per heavy atom. The van der Waals surface area contributed by atoms with Crippen molar-refractivity contribution in [2.75, 3.05) is 6.54 Å². The first-order valence-corrected chi connectivity index (χ1v) is 6.01. The zero-order valence-electron chi connectivity index (χ0n) is 9.82. The average Bonchev–Trinajstić information content (AvgIpc) is 2.16. The normalized spacial score (nSPS) is 15.4. The summed E-state index contributed by atoms with van der Waals surface area (Å²) in [5, 5.41) is 0. The maximum Gasteiger partial charge on any atom is 0.120 e. The third kappa shape index (κ3) is 8.49. The van der Waals surface area contributed by atoms with Gasteiger partial charge in [-0.05, 0) is 13.3 Å². The van der Waals surface area contributed by atoms with Gasteiger partial charge in [0.25, 0.3) is 0 Å². The van der Waals surface area contributed by atoms with Crippen LogP contribution in [0.4, 0.5) is 4.39 Å². The number of unbranched alkanes of at least 4 members (excludes halogenated alkanes) is 6. The minimum atomic E-state index is -1.14. The second-order valence-corrected chi connectivity index (χ2v) is 4.49. The summed E-state index contributed by atoms with van der Waals surface area (Å²) in [4.78, 5) is 0. The predicted molar refractivity (Wildman–Crippen MR) is 61.2 cm³/mol. The Morgan fingerprint density at radius 3 is 2.00 bits per heavy atom. The average molecular weight is 203 g/mol.